The molecule has 2 heterocycles. The Bertz CT molecular complexity index is 2760. The fraction of sp³-hybridized carbons (Fsp3) is 0.405. The molecule has 0 aliphatic heterocycles. The summed E-state index contributed by atoms with van der Waals surface area (Å²) in [6.45, 7) is 7.16. The van der Waals surface area contributed by atoms with E-state index in [9.17, 15) is 35.8 Å². The zero-order chi connectivity index (χ0) is 58.3. The van der Waals surface area contributed by atoms with E-state index in [1.807, 2.05) is 82.3 Å². The summed E-state index contributed by atoms with van der Waals surface area (Å²) >= 11 is 0. The van der Waals surface area contributed by atoms with Crippen molar-refractivity contribution in [2.75, 3.05) is 35.2 Å². The molecule has 36 heteroatoms. The van der Waals surface area contributed by atoms with E-state index >= 15 is 0 Å². The molecule has 4 rings (SSSR count). The predicted molar refractivity (Wildman–Crippen MR) is 352 cm³/mol. The van der Waals surface area contributed by atoms with E-state index in [1.54, 1.807) is 27.7 Å². The van der Waals surface area contributed by atoms with Gasteiger partial charge in [-0.15, -0.1) is 0 Å². The van der Waals surface area contributed by atoms with E-state index in [1.165, 1.54) is 14.1 Å². The van der Waals surface area contributed by atoms with Gasteiger partial charge < -0.3 is 36.5 Å². The molecule has 431 valence electrons. The van der Waals surface area contributed by atoms with E-state index in [2.05, 4.69) is 83.0 Å². The van der Waals surface area contributed by atoms with Crippen LogP contribution in [-0.4, -0.2) is 114 Å². The third kappa shape index (κ3) is 26.8. The number of aldehydes is 1. The Morgan fingerprint density at radius 2 is 1.03 bits per heavy atom. The van der Waals surface area contributed by atoms with Gasteiger partial charge in [0.15, 0.2) is 0 Å². The van der Waals surface area contributed by atoms with Crippen molar-refractivity contribution < 1.29 is 62.9 Å². The summed E-state index contributed by atoms with van der Waals surface area (Å²) in [6.07, 6.45) is 6.12. The molecule has 0 bridgehead atoms. The van der Waals surface area contributed by atoms with E-state index in [0.717, 1.165) is 42.9 Å². The molecule has 0 saturated carbocycles. The molecule has 10 unspecified atom stereocenters. The molecule has 0 spiro atoms. The highest BCUT2D eigenvalue weighted by Gasteiger charge is 2.31. The number of hydrogen-bond acceptors (Lipinski definition) is 18. The largest absolute Gasteiger partial charge is 0.437 e. The first-order valence-corrected chi connectivity index (χ1v) is 43.4. The number of benzene rings is 2. The molecule has 0 aliphatic rings. The van der Waals surface area contributed by atoms with Crippen LogP contribution in [0.15, 0.2) is 66.7 Å². The first-order chi connectivity index (χ1) is 36.0. The first-order valence-electron chi connectivity index (χ1n) is 22.4. The SMILES string of the molecule is Cc1nc(N(C)S(C)(=O)=O)nc(C)c1/C=C/[C@H](C[C@H](CC(=O)OP(P)P)OPP)OP.Cc1nc(N(C)S(C)(=O)=O)nc(C)c1CP(=O)(c1ccccc1)c1ccccc1.O=C[C@H](C[C@H](CC(=O)OP(P)P)OPP)OP.[B]. The lowest BCUT2D eigenvalue weighted by molar-refractivity contribution is -0.136. The van der Waals surface area contributed by atoms with Crippen LogP contribution in [0.2, 0.25) is 0 Å². The average molecular weight is 1360 g/mol. The summed E-state index contributed by atoms with van der Waals surface area (Å²) in [5.41, 5.74) is 4.04. The number of sulfonamides is 2. The number of aryl methyl sites for hydroxylation is 4. The van der Waals surface area contributed by atoms with Crippen molar-refractivity contribution in [3.63, 3.8) is 0 Å². The monoisotopic (exact) mass is 1360 g/mol. The summed E-state index contributed by atoms with van der Waals surface area (Å²) in [5, 5.41) is 1.53. The smallest absolute Gasteiger partial charge is 0.311 e. The topological polar surface area (TPSA) is 250 Å². The highest BCUT2D eigenvalue weighted by atomic mass is 32.4. The fourth-order valence-electron chi connectivity index (χ4n) is 6.63. The molecule has 78 heavy (non-hydrogen) atoms. The van der Waals surface area contributed by atoms with E-state index in [0.29, 0.717) is 41.9 Å². The molecule has 14 atom stereocenters. The van der Waals surface area contributed by atoms with Crippen LogP contribution in [0.1, 0.15) is 59.6 Å². The van der Waals surface area contributed by atoms with Crippen molar-refractivity contribution >= 4 is 187 Å². The van der Waals surface area contributed by atoms with Gasteiger partial charge in [0.1, 0.15) is 34.6 Å². The molecule has 3 radical (unpaired) electrons. The third-order valence-electron chi connectivity index (χ3n) is 10.7. The van der Waals surface area contributed by atoms with Crippen LogP contribution >= 0.6 is 112 Å². The number of rotatable bonds is 27. The normalized spacial score (nSPS) is 13.5. The van der Waals surface area contributed by atoms with E-state index < -0.39 is 48.3 Å². The second kappa shape index (κ2) is 37.9. The van der Waals surface area contributed by atoms with Crippen molar-refractivity contribution in [3.8, 4) is 0 Å². The van der Waals surface area contributed by atoms with Gasteiger partial charge >= 0.3 is 11.9 Å². The molecule has 0 fully saturated rings. The van der Waals surface area contributed by atoms with Crippen LogP contribution in [0, 0.1) is 27.7 Å². The van der Waals surface area contributed by atoms with Crippen LogP contribution in [0.3, 0.4) is 0 Å². The number of nitrogens with zero attached hydrogens (tertiary/aromatic N) is 6. The van der Waals surface area contributed by atoms with Crippen molar-refractivity contribution in [1.82, 2.24) is 19.9 Å². The lowest BCUT2D eigenvalue weighted by Crippen LogP contribution is -2.27. The highest BCUT2D eigenvalue weighted by molar-refractivity contribution is 8.41. The molecule has 0 N–H and O–H groups in total. The number of anilines is 2. The Kier molecular flexibility index (Phi) is 36.8. The Labute approximate surface area is 486 Å². The number of aromatic nitrogens is 4. The lowest BCUT2D eigenvalue weighted by Gasteiger charge is -2.22. The van der Waals surface area contributed by atoms with Gasteiger partial charge in [0.25, 0.3) is 0 Å². The Balaban J connectivity index is 0.000000606. The van der Waals surface area contributed by atoms with Crippen LogP contribution in [0.4, 0.5) is 11.9 Å². The van der Waals surface area contributed by atoms with Crippen LogP contribution in [0.5, 0.6) is 0 Å². The van der Waals surface area contributed by atoms with Gasteiger partial charge in [-0.05, 0) is 27.7 Å². The van der Waals surface area contributed by atoms with E-state index in [-0.39, 0.29) is 86.6 Å². The molecule has 0 saturated heterocycles. The Hall–Kier alpha value is -0.255. The fourth-order valence-corrected chi connectivity index (χ4v) is 14.6. The molecule has 2 aromatic heterocycles. The third-order valence-corrected chi connectivity index (χ3v) is 20.5. The van der Waals surface area contributed by atoms with Gasteiger partial charge in [-0.25, -0.2) is 45.4 Å². The highest BCUT2D eigenvalue weighted by Crippen LogP contribution is 2.54. The molecule has 4 aromatic rings. The molecular formula is C42H69BN6O14P13S2. The molecule has 2 aromatic carbocycles. The van der Waals surface area contributed by atoms with Gasteiger partial charge in [0, 0.05) is 111 Å². The Morgan fingerprint density at radius 1 is 0.667 bits per heavy atom. The summed E-state index contributed by atoms with van der Waals surface area (Å²) in [7, 11) is 10.3. The van der Waals surface area contributed by atoms with Gasteiger partial charge in [-0.2, -0.15) is 0 Å². The van der Waals surface area contributed by atoms with Gasteiger partial charge in [0.05, 0.1) is 55.1 Å². The maximum Gasteiger partial charge on any atom is 0.311 e. The number of carbonyl (C=O) groups is 3. The van der Waals surface area contributed by atoms with Crippen molar-refractivity contribution in [1.29, 1.82) is 0 Å². The minimum Gasteiger partial charge on any atom is -0.437 e. The number of carbonyl (C=O) groups excluding carboxylic acids is 3. The van der Waals surface area contributed by atoms with Crippen LogP contribution in [0.25, 0.3) is 6.08 Å². The van der Waals surface area contributed by atoms with Crippen molar-refractivity contribution in [2.24, 2.45) is 0 Å². The molecule has 20 nitrogen and oxygen atoms in total. The summed E-state index contributed by atoms with van der Waals surface area (Å²) in [5.74, 6) is -0.449. The van der Waals surface area contributed by atoms with Gasteiger partial charge in [-0.1, -0.05) is 126 Å². The summed E-state index contributed by atoms with van der Waals surface area (Å²) in [6, 6.07) is 18.8. The second-order valence-electron chi connectivity index (χ2n) is 16.4. The maximum atomic E-state index is 14.3. The van der Waals surface area contributed by atoms with E-state index in [4.69, 9.17) is 27.1 Å². The number of hydrogen-bond donors (Lipinski definition) is 0. The molecule has 0 aliphatic carbocycles. The first kappa shape index (κ1) is 75.8. The zero-order valence-corrected chi connectivity index (χ0v) is 59.7. The van der Waals surface area contributed by atoms with Gasteiger partial charge in [0.2, 0.25) is 31.9 Å². The van der Waals surface area contributed by atoms with Gasteiger partial charge in [-0.3, -0.25) is 9.59 Å². The predicted octanol–water partition coefficient (Wildman–Crippen LogP) is 8.80. The quantitative estimate of drug-likeness (QED) is 0.0307. The van der Waals surface area contributed by atoms with Crippen LogP contribution < -0.4 is 19.2 Å². The summed E-state index contributed by atoms with van der Waals surface area (Å²) in [4.78, 5) is 51.5. The minimum atomic E-state index is -3.47. The molecule has 0 amide bonds. The average Bonchev–Trinajstić information content (AvgIpc) is 3.35. The zero-order valence-electron chi connectivity index (χ0n) is 44.1. The standard InChI is InChI=1S/C21H24N3O3PS.C15H29N3O6P6S.C6H16O5P6.B/c1-16-20(17(2)23-21(22-16)24(3)29(4,26)27)15-28(25,18-11-7-5-8-12-18)19-13-9-6-10-14-19;1-9-13(10(2)17-15(16-9)18(3)31(4,20)21)6-5-11(22-25)7-12(23-29-26)8-14(19)24-30(27)28;7-3-5(9-12)1-4(10-16-13)2-6(8)11-17(14)15;/h5-14H,15H2,1-4H3;5-6,11-12,29H,7-8,25-28H2,1-4H3;3-5,16H,1-2,12-15H2;/b;6-5+;;/t;11-,12-;4-,5+;/m.11./s1. The Morgan fingerprint density at radius 3 is 1.35 bits per heavy atom. The molecular weight excluding hydrogens is 1290 g/mol. The van der Waals surface area contributed by atoms with Crippen molar-refractivity contribution in [3.05, 3.63) is 101 Å². The van der Waals surface area contributed by atoms with Crippen LogP contribution in [-0.2, 0) is 72.3 Å². The minimum absolute atomic E-state index is 0. The summed E-state index contributed by atoms with van der Waals surface area (Å²) < 4.78 is 95.1. The maximum absolute atomic E-state index is 14.3. The lowest BCUT2D eigenvalue weighted by atomic mass is 10.1. The van der Waals surface area contributed by atoms with Crippen molar-refractivity contribution in [2.45, 2.75) is 84.0 Å². The second-order valence-corrected chi connectivity index (χ2v) is 37.6.